The third-order valence-electron chi connectivity index (χ3n) is 3.34. The molecule has 0 aliphatic rings. The fourth-order valence-corrected chi connectivity index (χ4v) is 2.23. The van der Waals surface area contributed by atoms with Crippen LogP contribution < -0.4 is 5.76 Å². The van der Waals surface area contributed by atoms with Crippen LogP contribution in [-0.4, -0.2) is 35.2 Å². The van der Waals surface area contributed by atoms with E-state index in [2.05, 4.69) is 16.8 Å². The zero-order chi connectivity index (χ0) is 13.8. The number of aliphatic hydroxyl groups excluding tert-OH is 1. The second kappa shape index (κ2) is 6.04. The zero-order valence-electron chi connectivity index (χ0n) is 11.3. The van der Waals surface area contributed by atoms with E-state index in [4.69, 9.17) is 4.42 Å². The summed E-state index contributed by atoms with van der Waals surface area (Å²) in [5.74, 6) is -0.116. The molecule has 0 radical (unpaired) electrons. The average Bonchev–Trinajstić information content (AvgIpc) is 2.75. The highest BCUT2D eigenvalue weighted by molar-refractivity contribution is 5.72. The molecule has 0 amide bonds. The highest BCUT2D eigenvalue weighted by Crippen LogP contribution is 2.14. The third kappa shape index (κ3) is 3.45. The van der Waals surface area contributed by atoms with Crippen LogP contribution in [0.4, 0.5) is 0 Å². The lowest BCUT2D eigenvalue weighted by Gasteiger charge is -2.21. The monoisotopic (exact) mass is 264 g/mol. The summed E-state index contributed by atoms with van der Waals surface area (Å²) in [5.41, 5.74) is 2.42. The lowest BCUT2D eigenvalue weighted by Crippen LogP contribution is -2.26. The van der Waals surface area contributed by atoms with Gasteiger partial charge in [0.2, 0.25) is 0 Å². The molecule has 19 heavy (non-hydrogen) atoms. The summed E-state index contributed by atoms with van der Waals surface area (Å²) in [4.78, 5) is 15.9. The van der Waals surface area contributed by atoms with Gasteiger partial charge in [-0.3, -0.25) is 4.98 Å². The minimum atomic E-state index is -0.424. The third-order valence-corrected chi connectivity index (χ3v) is 3.34. The second-order valence-corrected chi connectivity index (χ2v) is 5.00. The first kappa shape index (κ1) is 13.8. The van der Waals surface area contributed by atoms with Gasteiger partial charge in [-0.05, 0) is 37.1 Å². The molecule has 0 spiro atoms. The molecule has 1 heterocycles. The minimum Gasteiger partial charge on any atom is -0.408 e. The van der Waals surface area contributed by atoms with Crippen molar-refractivity contribution in [2.45, 2.75) is 19.9 Å². The smallest absolute Gasteiger partial charge is 0.408 e. The largest absolute Gasteiger partial charge is 0.417 e. The van der Waals surface area contributed by atoms with E-state index in [9.17, 15) is 9.90 Å². The van der Waals surface area contributed by atoms with Crippen molar-refractivity contribution in [3.8, 4) is 0 Å². The number of hydrogen-bond acceptors (Lipinski definition) is 4. The molecule has 1 aromatic heterocycles. The molecule has 1 unspecified atom stereocenters. The molecule has 0 saturated heterocycles. The molecule has 2 N–H and O–H groups in total. The maximum absolute atomic E-state index is 11.1. The Bertz CT molecular complexity index is 584. The Hall–Kier alpha value is -1.59. The van der Waals surface area contributed by atoms with Gasteiger partial charge >= 0.3 is 5.76 Å². The maximum Gasteiger partial charge on any atom is 0.417 e. The summed E-state index contributed by atoms with van der Waals surface area (Å²) in [5, 5.41) is 9.21. The van der Waals surface area contributed by atoms with Crippen LogP contribution in [0.5, 0.6) is 0 Å². The predicted molar refractivity (Wildman–Crippen MR) is 74.0 cm³/mol. The summed E-state index contributed by atoms with van der Waals surface area (Å²) in [6.45, 7) is 3.93. The van der Waals surface area contributed by atoms with Gasteiger partial charge in [-0.2, -0.15) is 0 Å². The molecule has 0 saturated carbocycles. The van der Waals surface area contributed by atoms with E-state index in [1.54, 1.807) is 6.07 Å². The van der Waals surface area contributed by atoms with Crippen molar-refractivity contribution in [2.24, 2.45) is 5.92 Å². The molecule has 2 rings (SSSR count). The first-order valence-corrected chi connectivity index (χ1v) is 6.53. The van der Waals surface area contributed by atoms with E-state index < -0.39 is 5.76 Å². The van der Waals surface area contributed by atoms with Gasteiger partial charge in [0, 0.05) is 19.7 Å². The summed E-state index contributed by atoms with van der Waals surface area (Å²) < 4.78 is 4.97. The molecule has 5 nitrogen and oxygen atoms in total. The van der Waals surface area contributed by atoms with Gasteiger partial charge in [0.1, 0.15) is 0 Å². The molecular weight excluding hydrogens is 244 g/mol. The normalized spacial score (nSPS) is 13.3. The zero-order valence-corrected chi connectivity index (χ0v) is 11.3. The Morgan fingerprint density at radius 3 is 2.95 bits per heavy atom. The quantitative estimate of drug-likeness (QED) is 0.831. The average molecular weight is 264 g/mol. The van der Waals surface area contributed by atoms with Crippen LogP contribution in [-0.2, 0) is 6.54 Å². The predicted octanol–water partition coefficient (Wildman–Crippen LogP) is 1.57. The van der Waals surface area contributed by atoms with E-state index in [0.29, 0.717) is 11.5 Å². The number of hydrogen-bond donors (Lipinski definition) is 2. The summed E-state index contributed by atoms with van der Waals surface area (Å²) in [6, 6.07) is 5.69. The topological polar surface area (TPSA) is 69.5 Å². The Balaban J connectivity index is 2.05. The Morgan fingerprint density at radius 2 is 2.26 bits per heavy atom. The van der Waals surface area contributed by atoms with E-state index >= 15 is 0 Å². The van der Waals surface area contributed by atoms with E-state index in [1.807, 2.05) is 19.2 Å². The van der Waals surface area contributed by atoms with Crippen molar-refractivity contribution in [3.05, 3.63) is 34.3 Å². The van der Waals surface area contributed by atoms with Crippen LogP contribution in [0.2, 0.25) is 0 Å². The Kier molecular flexibility index (Phi) is 4.39. The van der Waals surface area contributed by atoms with E-state index in [0.717, 1.165) is 30.6 Å². The Labute approximate surface area is 111 Å². The standard InChI is InChI=1S/C14H20N2O3/c1-3-10(9-17)7-16(2)8-11-4-5-13-12(6-11)15-14(18)19-13/h4-6,10,17H,3,7-9H2,1-2H3,(H,15,18). The molecule has 5 heteroatoms. The number of rotatable bonds is 6. The highest BCUT2D eigenvalue weighted by Gasteiger charge is 2.10. The van der Waals surface area contributed by atoms with E-state index in [-0.39, 0.29) is 6.61 Å². The van der Waals surface area contributed by atoms with Gasteiger partial charge < -0.3 is 14.4 Å². The highest BCUT2D eigenvalue weighted by atomic mass is 16.4. The fourth-order valence-electron chi connectivity index (χ4n) is 2.23. The molecule has 1 aromatic carbocycles. The van der Waals surface area contributed by atoms with Crippen molar-refractivity contribution in [3.63, 3.8) is 0 Å². The lowest BCUT2D eigenvalue weighted by atomic mass is 10.1. The molecule has 0 bridgehead atoms. The van der Waals surface area contributed by atoms with Crippen LogP contribution in [0.1, 0.15) is 18.9 Å². The number of nitrogens with one attached hydrogen (secondary N) is 1. The summed E-state index contributed by atoms with van der Waals surface area (Å²) in [7, 11) is 2.03. The number of fused-ring (bicyclic) bond motifs is 1. The fraction of sp³-hybridized carbons (Fsp3) is 0.500. The van der Waals surface area contributed by atoms with Crippen molar-refractivity contribution in [1.82, 2.24) is 9.88 Å². The van der Waals surface area contributed by atoms with Gasteiger partial charge in [-0.25, -0.2) is 4.79 Å². The number of nitrogens with zero attached hydrogens (tertiary/aromatic N) is 1. The van der Waals surface area contributed by atoms with Crippen molar-refractivity contribution >= 4 is 11.1 Å². The Morgan fingerprint density at radius 1 is 1.47 bits per heavy atom. The summed E-state index contributed by atoms with van der Waals surface area (Å²) >= 11 is 0. The first-order valence-electron chi connectivity index (χ1n) is 6.53. The van der Waals surface area contributed by atoms with Gasteiger partial charge in [-0.15, -0.1) is 0 Å². The van der Waals surface area contributed by atoms with Crippen molar-refractivity contribution in [1.29, 1.82) is 0 Å². The SMILES string of the molecule is CCC(CO)CN(C)Cc1ccc2oc(=O)[nH]c2c1. The van der Waals surface area contributed by atoms with Gasteiger partial charge in [0.25, 0.3) is 0 Å². The number of oxazole rings is 1. The van der Waals surface area contributed by atoms with Crippen LogP contribution in [0.25, 0.3) is 11.1 Å². The molecular formula is C14H20N2O3. The number of aromatic amines is 1. The maximum atomic E-state index is 11.1. The molecule has 0 aliphatic carbocycles. The molecule has 104 valence electrons. The van der Waals surface area contributed by atoms with Gasteiger partial charge in [0.05, 0.1) is 5.52 Å². The molecule has 1 atom stereocenters. The minimum absolute atomic E-state index is 0.217. The van der Waals surface area contributed by atoms with Crippen LogP contribution in [0.15, 0.2) is 27.4 Å². The van der Waals surface area contributed by atoms with Crippen LogP contribution in [0.3, 0.4) is 0 Å². The van der Waals surface area contributed by atoms with Gasteiger partial charge in [-0.1, -0.05) is 13.0 Å². The number of benzene rings is 1. The molecule has 2 aromatic rings. The number of aliphatic hydroxyl groups is 1. The number of aromatic nitrogens is 1. The van der Waals surface area contributed by atoms with Crippen molar-refractivity contribution < 1.29 is 9.52 Å². The van der Waals surface area contributed by atoms with Crippen LogP contribution >= 0.6 is 0 Å². The first-order chi connectivity index (χ1) is 9.12. The van der Waals surface area contributed by atoms with Crippen LogP contribution in [0, 0.1) is 5.92 Å². The number of H-pyrrole nitrogens is 1. The van der Waals surface area contributed by atoms with E-state index in [1.165, 1.54) is 0 Å². The van der Waals surface area contributed by atoms with Gasteiger partial charge in [0.15, 0.2) is 5.58 Å². The van der Waals surface area contributed by atoms with Crippen molar-refractivity contribution in [2.75, 3.05) is 20.2 Å². The molecule has 0 fully saturated rings. The lowest BCUT2D eigenvalue weighted by molar-refractivity contribution is 0.173. The second-order valence-electron chi connectivity index (χ2n) is 5.00. The molecule has 0 aliphatic heterocycles. The summed E-state index contributed by atoms with van der Waals surface area (Å²) in [6.07, 6.45) is 0.967.